The summed E-state index contributed by atoms with van der Waals surface area (Å²) in [6.07, 6.45) is 3.24. The summed E-state index contributed by atoms with van der Waals surface area (Å²) in [7, 11) is 1.56. The highest BCUT2D eigenvalue weighted by Gasteiger charge is 2.10. The van der Waals surface area contributed by atoms with E-state index >= 15 is 0 Å². The van der Waals surface area contributed by atoms with Gasteiger partial charge >= 0.3 is 0 Å². The number of amides is 1. The summed E-state index contributed by atoms with van der Waals surface area (Å²) in [6.45, 7) is 0.388. The molecule has 2 rings (SSSR count). The molecule has 0 spiro atoms. The third-order valence-corrected chi connectivity index (χ3v) is 3.07. The number of carbonyl (C=O) groups excluding carboxylic acids is 1. The molecule has 6 heteroatoms. The van der Waals surface area contributed by atoms with Gasteiger partial charge in [0.1, 0.15) is 5.69 Å². The van der Waals surface area contributed by atoms with E-state index in [1.807, 2.05) is 6.07 Å². The van der Waals surface area contributed by atoms with Crippen LogP contribution in [0.3, 0.4) is 0 Å². The summed E-state index contributed by atoms with van der Waals surface area (Å²) in [6, 6.07) is 7.13. The normalized spacial score (nSPS) is 10.0. The van der Waals surface area contributed by atoms with Gasteiger partial charge in [-0.25, -0.2) is 9.97 Å². The lowest BCUT2D eigenvalue weighted by atomic mass is 10.2. The molecule has 98 valence electrons. The fourth-order valence-electron chi connectivity index (χ4n) is 1.46. The number of hydrogen-bond acceptors (Lipinski definition) is 4. The smallest absolute Gasteiger partial charge is 0.271 e. The minimum atomic E-state index is -0.233. The van der Waals surface area contributed by atoms with Gasteiger partial charge in [-0.05, 0) is 33.6 Å². The van der Waals surface area contributed by atoms with Gasteiger partial charge in [-0.3, -0.25) is 4.79 Å². The van der Waals surface area contributed by atoms with Crippen LogP contribution in [0.2, 0.25) is 0 Å². The van der Waals surface area contributed by atoms with Crippen LogP contribution in [-0.2, 0) is 6.54 Å². The molecule has 0 fully saturated rings. The van der Waals surface area contributed by atoms with Crippen molar-refractivity contribution >= 4 is 21.8 Å². The van der Waals surface area contributed by atoms with E-state index < -0.39 is 0 Å². The third kappa shape index (κ3) is 3.51. The predicted molar refractivity (Wildman–Crippen MR) is 73.9 cm³/mol. The number of aromatic nitrogens is 2. The number of halogens is 1. The molecular weight excluding hydrogens is 310 g/mol. The predicted octanol–water partition coefficient (Wildman–Crippen LogP) is 2.18. The molecule has 0 unspecified atom stereocenters. The van der Waals surface area contributed by atoms with Crippen LogP contribution >= 0.6 is 15.9 Å². The van der Waals surface area contributed by atoms with Crippen LogP contribution in [0.1, 0.15) is 16.1 Å². The summed E-state index contributed by atoms with van der Waals surface area (Å²) in [5, 5.41) is 2.78. The van der Waals surface area contributed by atoms with Gasteiger partial charge < -0.3 is 10.1 Å². The third-order valence-electron chi connectivity index (χ3n) is 2.43. The van der Waals surface area contributed by atoms with Crippen molar-refractivity contribution in [2.75, 3.05) is 7.11 Å². The van der Waals surface area contributed by atoms with Crippen LogP contribution in [0.15, 0.2) is 41.1 Å². The zero-order chi connectivity index (χ0) is 13.7. The molecule has 0 bridgehead atoms. The average Bonchev–Trinajstić information content (AvgIpc) is 2.46. The SMILES string of the molecule is COc1ccc(CNC(=O)c2ncccc2Br)cn1. The fraction of sp³-hybridized carbons (Fsp3) is 0.154. The quantitative estimate of drug-likeness (QED) is 0.937. The zero-order valence-electron chi connectivity index (χ0n) is 10.3. The summed E-state index contributed by atoms with van der Waals surface area (Å²) < 4.78 is 5.63. The first-order valence-electron chi connectivity index (χ1n) is 5.58. The van der Waals surface area contributed by atoms with Gasteiger partial charge in [-0.1, -0.05) is 6.07 Å². The highest BCUT2D eigenvalue weighted by atomic mass is 79.9. The molecule has 0 aliphatic heterocycles. The maximum Gasteiger partial charge on any atom is 0.271 e. The largest absolute Gasteiger partial charge is 0.481 e. The molecule has 5 nitrogen and oxygen atoms in total. The van der Waals surface area contributed by atoms with Crippen molar-refractivity contribution in [2.45, 2.75) is 6.54 Å². The molecule has 0 aliphatic carbocycles. The highest BCUT2D eigenvalue weighted by Crippen LogP contribution is 2.13. The van der Waals surface area contributed by atoms with Crippen LogP contribution in [0.4, 0.5) is 0 Å². The van der Waals surface area contributed by atoms with Crippen molar-refractivity contribution in [3.8, 4) is 5.88 Å². The molecule has 0 saturated carbocycles. The molecule has 0 aromatic carbocycles. The second kappa shape index (κ2) is 6.29. The minimum absolute atomic E-state index is 0.233. The van der Waals surface area contributed by atoms with Crippen molar-refractivity contribution in [1.82, 2.24) is 15.3 Å². The Morgan fingerprint density at radius 2 is 2.21 bits per heavy atom. The Morgan fingerprint density at radius 1 is 1.37 bits per heavy atom. The van der Waals surface area contributed by atoms with E-state index in [0.717, 1.165) is 5.56 Å². The van der Waals surface area contributed by atoms with Crippen molar-refractivity contribution in [2.24, 2.45) is 0 Å². The Kier molecular flexibility index (Phi) is 4.46. The van der Waals surface area contributed by atoms with Crippen LogP contribution in [-0.4, -0.2) is 23.0 Å². The number of pyridine rings is 2. The lowest BCUT2D eigenvalue weighted by Gasteiger charge is -2.06. The molecule has 0 saturated heterocycles. The van der Waals surface area contributed by atoms with Crippen LogP contribution < -0.4 is 10.1 Å². The van der Waals surface area contributed by atoms with E-state index in [4.69, 9.17) is 4.74 Å². The second-order valence-corrected chi connectivity index (χ2v) is 4.58. The first-order valence-corrected chi connectivity index (χ1v) is 6.37. The standard InChI is InChI=1S/C13H12BrN3O2/c1-19-11-5-4-9(7-16-11)8-17-13(18)12-10(14)3-2-6-15-12/h2-7H,8H2,1H3,(H,17,18). The molecule has 1 N–H and O–H groups in total. The number of ether oxygens (including phenoxy) is 1. The van der Waals surface area contributed by atoms with Gasteiger partial charge in [0.05, 0.1) is 7.11 Å². The Bertz CT molecular complexity index is 572. The summed E-state index contributed by atoms with van der Waals surface area (Å²) in [5.74, 6) is 0.311. The second-order valence-electron chi connectivity index (χ2n) is 3.73. The van der Waals surface area contributed by atoms with Crippen LogP contribution in [0.5, 0.6) is 5.88 Å². The van der Waals surface area contributed by atoms with Crippen molar-refractivity contribution < 1.29 is 9.53 Å². The van der Waals surface area contributed by atoms with Gasteiger partial charge in [0.25, 0.3) is 5.91 Å². The topological polar surface area (TPSA) is 64.1 Å². The molecule has 0 radical (unpaired) electrons. The number of nitrogens with zero attached hydrogens (tertiary/aromatic N) is 2. The number of rotatable bonds is 4. The Hall–Kier alpha value is -1.95. The van der Waals surface area contributed by atoms with E-state index in [1.54, 1.807) is 37.7 Å². The Balaban J connectivity index is 1.98. The molecule has 0 aliphatic rings. The van der Waals surface area contributed by atoms with Gasteiger partial charge in [0.2, 0.25) is 5.88 Å². The van der Waals surface area contributed by atoms with Crippen LogP contribution in [0.25, 0.3) is 0 Å². The van der Waals surface area contributed by atoms with Crippen molar-refractivity contribution in [3.05, 3.63) is 52.4 Å². The Labute approximate surface area is 119 Å². The number of carbonyl (C=O) groups is 1. The number of methoxy groups -OCH3 is 1. The molecule has 2 heterocycles. The fourth-order valence-corrected chi connectivity index (χ4v) is 1.89. The van der Waals surface area contributed by atoms with E-state index in [2.05, 4.69) is 31.2 Å². The minimum Gasteiger partial charge on any atom is -0.481 e. The lowest BCUT2D eigenvalue weighted by Crippen LogP contribution is -2.24. The zero-order valence-corrected chi connectivity index (χ0v) is 11.8. The number of hydrogen-bond donors (Lipinski definition) is 1. The molecule has 1 amide bonds. The molecule has 2 aromatic heterocycles. The van der Waals surface area contributed by atoms with E-state index in [9.17, 15) is 4.79 Å². The summed E-state index contributed by atoms with van der Waals surface area (Å²) in [4.78, 5) is 20.0. The van der Waals surface area contributed by atoms with E-state index in [-0.39, 0.29) is 5.91 Å². The van der Waals surface area contributed by atoms with Crippen LogP contribution in [0, 0.1) is 0 Å². The van der Waals surface area contributed by atoms with Crippen molar-refractivity contribution in [3.63, 3.8) is 0 Å². The maximum absolute atomic E-state index is 11.9. The molecule has 0 atom stereocenters. The van der Waals surface area contributed by atoms with Crippen molar-refractivity contribution in [1.29, 1.82) is 0 Å². The summed E-state index contributed by atoms with van der Waals surface area (Å²) in [5.41, 5.74) is 1.25. The Morgan fingerprint density at radius 3 is 2.84 bits per heavy atom. The van der Waals surface area contributed by atoms with Gasteiger partial charge in [-0.2, -0.15) is 0 Å². The average molecular weight is 322 g/mol. The lowest BCUT2D eigenvalue weighted by molar-refractivity contribution is 0.0945. The number of nitrogens with one attached hydrogen (secondary N) is 1. The van der Waals surface area contributed by atoms with E-state index in [1.165, 1.54) is 0 Å². The molecular formula is C13H12BrN3O2. The maximum atomic E-state index is 11.9. The van der Waals surface area contributed by atoms with Gasteiger partial charge in [-0.15, -0.1) is 0 Å². The molecule has 19 heavy (non-hydrogen) atoms. The summed E-state index contributed by atoms with van der Waals surface area (Å²) >= 11 is 3.29. The first kappa shape index (κ1) is 13.5. The monoisotopic (exact) mass is 321 g/mol. The highest BCUT2D eigenvalue weighted by molar-refractivity contribution is 9.10. The van der Waals surface area contributed by atoms with E-state index in [0.29, 0.717) is 22.6 Å². The van der Waals surface area contributed by atoms with Gasteiger partial charge in [0, 0.05) is 29.5 Å². The first-order chi connectivity index (χ1) is 9.20. The van der Waals surface area contributed by atoms with Gasteiger partial charge in [0.15, 0.2) is 0 Å². The molecule has 2 aromatic rings.